The number of rotatable bonds is 3. The number of hydrogen-bond acceptors (Lipinski definition) is 6. The summed E-state index contributed by atoms with van der Waals surface area (Å²) in [6.07, 6.45) is 3.10. The van der Waals surface area contributed by atoms with Crippen LogP contribution < -0.4 is 10.6 Å². The van der Waals surface area contributed by atoms with Crippen molar-refractivity contribution in [1.82, 2.24) is 19.5 Å². The second-order valence-electron chi connectivity index (χ2n) is 6.41. The molecule has 9 heteroatoms. The van der Waals surface area contributed by atoms with Crippen molar-refractivity contribution < 1.29 is 9.50 Å². The minimum atomic E-state index is -0.527. The number of halogens is 2. The summed E-state index contributed by atoms with van der Waals surface area (Å²) in [7, 11) is 0. The van der Waals surface area contributed by atoms with E-state index in [-0.39, 0.29) is 11.9 Å². The third kappa shape index (κ3) is 3.23. The van der Waals surface area contributed by atoms with Crippen molar-refractivity contribution in [1.29, 1.82) is 0 Å². The molecule has 0 saturated carbocycles. The Labute approximate surface area is 154 Å². The van der Waals surface area contributed by atoms with Crippen LogP contribution in [0.15, 0.2) is 30.6 Å². The molecule has 3 heterocycles. The highest BCUT2D eigenvalue weighted by Crippen LogP contribution is 2.26. The zero-order valence-electron chi connectivity index (χ0n) is 13.9. The Kier molecular flexibility index (Phi) is 4.47. The van der Waals surface area contributed by atoms with Gasteiger partial charge in [-0.1, -0.05) is 11.6 Å². The first kappa shape index (κ1) is 17.1. The van der Waals surface area contributed by atoms with Crippen molar-refractivity contribution >= 4 is 28.6 Å². The zero-order valence-corrected chi connectivity index (χ0v) is 14.6. The van der Waals surface area contributed by atoms with Crippen LogP contribution in [0.4, 0.5) is 10.3 Å². The monoisotopic (exact) mass is 376 g/mol. The van der Waals surface area contributed by atoms with E-state index in [1.165, 1.54) is 24.5 Å². The quantitative estimate of drug-likeness (QED) is 0.720. The fraction of sp³-hybridized carbons (Fsp3) is 0.353. The standard InChI is InChI=1S/C17H18ClFN6O/c18-10-6-21-16(22-7-10)9-25-14-2-1-11(19)5-13(14)23-17(25)24-4-3-15(26)12(20)8-24/h1-2,5-7,12,15,26H,3-4,8-9,20H2. The maximum Gasteiger partial charge on any atom is 0.207 e. The van der Waals surface area contributed by atoms with Crippen molar-refractivity contribution in [2.45, 2.75) is 25.1 Å². The summed E-state index contributed by atoms with van der Waals surface area (Å²) >= 11 is 5.86. The molecule has 2 atom stereocenters. The van der Waals surface area contributed by atoms with Crippen LogP contribution in [0.2, 0.25) is 5.02 Å². The lowest BCUT2D eigenvalue weighted by molar-refractivity contribution is 0.124. The number of nitrogens with zero attached hydrogens (tertiary/aromatic N) is 5. The van der Waals surface area contributed by atoms with E-state index in [0.717, 1.165) is 5.52 Å². The molecule has 1 aliphatic heterocycles. The summed E-state index contributed by atoms with van der Waals surface area (Å²) in [6, 6.07) is 4.13. The fourth-order valence-electron chi connectivity index (χ4n) is 3.20. The Morgan fingerprint density at radius 1 is 1.31 bits per heavy atom. The number of fused-ring (bicyclic) bond motifs is 1. The molecule has 0 radical (unpaired) electrons. The molecule has 136 valence electrons. The third-order valence-corrected chi connectivity index (χ3v) is 4.76. The normalized spacial score (nSPS) is 20.7. The molecule has 1 aliphatic rings. The fourth-order valence-corrected chi connectivity index (χ4v) is 3.30. The van der Waals surface area contributed by atoms with Gasteiger partial charge in [0.25, 0.3) is 0 Å². The molecule has 0 aliphatic carbocycles. The van der Waals surface area contributed by atoms with Gasteiger partial charge < -0.3 is 20.3 Å². The largest absolute Gasteiger partial charge is 0.391 e. The molecule has 1 aromatic carbocycles. The van der Waals surface area contributed by atoms with E-state index in [9.17, 15) is 9.50 Å². The Morgan fingerprint density at radius 3 is 2.81 bits per heavy atom. The van der Waals surface area contributed by atoms with Gasteiger partial charge in [-0.3, -0.25) is 0 Å². The van der Waals surface area contributed by atoms with Gasteiger partial charge in [0.1, 0.15) is 11.6 Å². The lowest BCUT2D eigenvalue weighted by Crippen LogP contribution is -2.52. The molecule has 0 amide bonds. The Morgan fingerprint density at radius 2 is 2.08 bits per heavy atom. The second-order valence-corrected chi connectivity index (χ2v) is 6.85. The first-order valence-electron chi connectivity index (χ1n) is 8.32. The minimum Gasteiger partial charge on any atom is -0.391 e. The third-order valence-electron chi connectivity index (χ3n) is 4.57. The van der Waals surface area contributed by atoms with Crippen LogP contribution in [0.3, 0.4) is 0 Å². The maximum absolute atomic E-state index is 13.6. The van der Waals surface area contributed by atoms with Gasteiger partial charge in [-0.2, -0.15) is 0 Å². The summed E-state index contributed by atoms with van der Waals surface area (Å²) in [5.74, 6) is 0.884. The SMILES string of the molecule is NC1CN(c2nc3cc(F)ccc3n2Cc2ncc(Cl)cn2)CCC1O. The maximum atomic E-state index is 13.6. The smallest absolute Gasteiger partial charge is 0.207 e. The average Bonchev–Trinajstić information content (AvgIpc) is 2.97. The molecule has 1 saturated heterocycles. The molecule has 7 nitrogen and oxygen atoms in total. The van der Waals surface area contributed by atoms with E-state index in [0.29, 0.717) is 48.4 Å². The lowest BCUT2D eigenvalue weighted by atomic mass is 10.0. The van der Waals surface area contributed by atoms with E-state index in [1.807, 2.05) is 9.47 Å². The van der Waals surface area contributed by atoms with E-state index < -0.39 is 6.10 Å². The molecule has 0 spiro atoms. The number of hydrogen-bond donors (Lipinski definition) is 2. The predicted octanol–water partition coefficient (Wildman–Crippen LogP) is 1.57. The number of aliphatic hydroxyl groups is 1. The molecule has 4 rings (SSSR count). The van der Waals surface area contributed by atoms with Crippen molar-refractivity contribution in [3.05, 3.63) is 47.3 Å². The second kappa shape index (κ2) is 6.79. The number of nitrogens with two attached hydrogens (primary N) is 1. The van der Waals surface area contributed by atoms with Crippen LogP contribution >= 0.6 is 11.6 Å². The number of aromatic nitrogens is 4. The number of imidazole rings is 1. The number of anilines is 1. The van der Waals surface area contributed by atoms with Gasteiger partial charge in [-0.25, -0.2) is 19.3 Å². The molecule has 2 unspecified atom stereocenters. The van der Waals surface area contributed by atoms with E-state index >= 15 is 0 Å². The number of benzene rings is 1. The molecule has 2 aromatic heterocycles. The Balaban J connectivity index is 1.76. The van der Waals surface area contributed by atoms with Crippen LogP contribution in [0.1, 0.15) is 12.2 Å². The summed E-state index contributed by atoms with van der Waals surface area (Å²) < 4.78 is 15.6. The van der Waals surface area contributed by atoms with Crippen LogP contribution in [-0.4, -0.2) is 49.9 Å². The zero-order chi connectivity index (χ0) is 18.3. The van der Waals surface area contributed by atoms with E-state index in [1.54, 1.807) is 6.07 Å². The van der Waals surface area contributed by atoms with Crippen molar-refractivity contribution in [3.63, 3.8) is 0 Å². The summed E-state index contributed by atoms with van der Waals surface area (Å²) in [5.41, 5.74) is 7.34. The molecule has 3 N–H and O–H groups in total. The highest BCUT2D eigenvalue weighted by molar-refractivity contribution is 6.30. The van der Waals surface area contributed by atoms with E-state index in [2.05, 4.69) is 15.0 Å². The first-order valence-corrected chi connectivity index (χ1v) is 8.70. The van der Waals surface area contributed by atoms with Crippen LogP contribution in [-0.2, 0) is 6.54 Å². The number of piperidine rings is 1. The molecule has 0 bridgehead atoms. The van der Waals surface area contributed by atoms with Gasteiger partial charge in [0.15, 0.2) is 0 Å². The Bertz CT molecular complexity index is 931. The van der Waals surface area contributed by atoms with Gasteiger partial charge in [0.05, 0.1) is 28.7 Å². The summed E-state index contributed by atoms with van der Waals surface area (Å²) in [4.78, 5) is 15.1. The van der Waals surface area contributed by atoms with Gasteiger partial charge in [-0.15, -0.1) is 0 Å². The molecule has 1 fully saturated rings. The van der Waals surface area contributed by atoms with Crippen molar-refractivity contribution in [2.24, 2.45) is 5.73 Å². The molecular formula is C17H18ClFN6O. The molecular weight excluding hydrogens is 359 g/mol. The van der Waals surface area contributed by atoms with E-state index in [4.69, 9.17) is 17.3 Å². The minimum absolute atomic E-state index is 0.345. The molecule has 26 heavy (non-hydrogen) atoms. The average molecular weight is 377 g/mol. The predicted molar refractivity (Wildman–Crippen MR) is 96.6 cm³/mol. The molecule has 3 aromatic rings. The van der Waals surface area contributed by atoms with Crippen molar-refractivity contribution in [2.75, 3.05) is 18.0 Å². The van der Waals surface area contributed by atoms with Gasteiger partial charge >= 0.3 is 0 Å². The first-order chi connectivity index (χ1) is 12.5. The van der Waals surface area contributed by atoms with Gasteiger partial charge in [-0.05, 0) is 18.6 Å². The van der Waals surface area contributed by atoms with Gasteiger partial charge in [0, 0.05) is 37.6 Å². The topological polar surface area (TPSA) is 93.1 Å². The lowest BCUT2D eigenvalue weighted by Gasteiger charge is -2.35. The summed E-state index contributed by atoms with van der Waals surface area (Å²) in [6.45, 7) is 1.44. The summed E-state index contributed by atoms with van der Waals surface area (Å²) in [5, 5.41) is 10.3. The number of aliphatic hydroxyl groups excluding tert-OH is 1. The van der Waals surface area contributed by atoms with Crippen LogP contribution in [0.5, 0.6) is 0 Å². The van der Waals surface area contributed by atoms with Gasteiger partial charge in [0.2, 0.25) is 5.95 Å². The van der Waals surface area contributed by atoms with Crippen LogP contribution in [0.25, 0.3) is 11.0 Å². The Hall–Kier alpha value is -2.29. The van der Waals surface area contributed by atoms with Crippen LogP contribution in [0, 0.1) is 5.82 Å². The highest BCUT2D eigenvalue weighted by Gasteiger charge is 2.28. The highest BCUT2D eigenvalue weighted by atomic mass is 35.5. The van der Waals surface area contributed by atoms with Crippen molar-refractivity contribution in [3.8, 4) is 0 Å².